The Morgan fingerprint density at radius 1 is 1.23 bits per heavy atom. The van der Waals surface area contributed by atoms with Crippen LogP contribution in [-0.4, -0.2) is 31.7 Å². The van der Waals surface area contributed by atoms with Crippen LogP contribution in [0.1, 0.15) is 46.5 Å². The molecule has 1 aromatic heterocycles. The van der Waals surface area contributed by atoms with E-state index in [1.165, 1.54) is 0 Å². The molecule has 1 aliphatic rings. The zero-order valence-corrected chi connectivity index (χ0v) is 11.9. The number of aromatic nitrogens is 2. The second-order valence-electron chi connectivity index (χ2n) is 5.41. The third kappa shape index (κ3) is 2.47. The lowest BCUT2D eigenvalue weighted by molar-refractivity contribution is -0.141. The lowest BCUT2D eigenvalue weighted by Crippen LogP contribution is -2.27. The van der Waals surface area contributed by atoms with Crippen LogP contribution in [0.15, 0.2) is 30.3 Å². The SMILES string of the molecule is O=C(O)c1nc(Cc2ccccc2)n2c1CCCC2C(=O)O. The van der Waals surface area contributed by atoms with Crippen LogP contribution in [0.25, 0.3) is 0 Å². The molecule has 0 fully saturated rings. The highest BCUT2D eigenvalue weighted by Crippen LogP contribution is 2.30. The quantitative estimate of drug-likeness (QED) is 0.902. The zero-order chi connectivity index (χ0) is 15.7. The summed E-state index contributed by atoms with van der Waals surface area (Å²) < 4.78 is 1.61. The second-order valence-corrected chi connectivity index (χ2v) is 5.41. The van der Waals surface area contributed by atoms with Gasteiger partial charge in [-0.15, -0.1) is 0 Å². The van der Waals surface area contributed by atoms with Crippen molar-refractivity contribution in [3.05, 3.63) is 53.1 Å². The van der Waals surface area contributed by atoms with Gasteiger partial charge in [-0.1, -0.05) is 30.3 Å². The van der Waals surface area contributed by atoms with E-state index in [2.05, 4.69) is 4.98 Å². The molecular weight excluding hydrogens is 284 g/mol. The number of aliphatic carboxylic acids is 1. The molecule has 0 radical (unpaired) electrons. The van der Waals surface area contributed by atoms with Crippen LogP contribution in [0.4, 0.5) is 0 Å². The number of carbonyl (C=O) groups is 2. The first-order chi connectivity index (χ1) is 10.6. The molecule has 0 spiro atoms. The molecule has 3 rings (SSSR count). The topological polar surface area (TPSA) is 92.4 Å². The average Bonchev–Trinajstić information content (AvgIpc) is 2.87. The smallest absolute Gasteiger partial charge is 0.356 e. The van der Waals surface area contributed by atoms with Crippen LogP contribution in [0, 0.1) is 0 Å². The maximum absolute atomic E-state index is 11.5. The minimum absolute atomic E-state index is 0.0168. The van der Waals surface area contributed by atoms with Gasteiger partial charge in [0.2, 0.25) is 0 Å². The molecular formula is C16H16N2O4. The van der Waals surface area contributed by atoms with E-state index in [0.29, 0.717) is 37.2 Å². The van der Waals surface area contributed by atoms with Gasteiger partial charge in [-0.05, 0) is 24.8 Å². The van der Waals surface area contributed by atoms with E-state index in [4.69, 9.17) is 0 Å². The van der Waals surface area contributed by atoms with Crippen molar-refractivity contribution < 1.29 is 19.8 Å². The van der Waals surface area contributed by atoms with Crippen molar-refractivity contribution in [3.8, 4) is 0 Å². The van der Waals surface area contributed by atoms with Crippen molar-refractivity contribution in [1.29, 1.82) is 0 Å². The normalized spacial score (nSPS) is 17.0. The van der Waals surface area contributed by atoms with Gasteiger partial charge in [0.15, 0.2) is 5.69 Å². The zero-order valence-electron chi connectivity index (χ0n) is 11.9. The summed E-state index contributed by atoms with van der Waals surface area (Å²) in [7, 11) is 0. The van der Waals surface area contributed by atoms with Crippen LogP contribution in [0.3, 0.4) is 0 Å². The standard InChI is InChI=1S/C16H16N2O4/c19-15(20)12-8-4-7-11-14(16(21)22)17-13(18(11)12)9-10-5-2-1-3-6-10/h1-3,5-6,12H,4,7-9H2,(H,19,20)(H,21,22). The summed E-state index contributed by atoms with van der Waals surface area (Å²) in [5, 5.41) is 18.7. The molecule has 1 unspecified atom stereocenters. The predicted molar refractivity (Wildman–Crippen MR) is 78.0 cm³/mol. The van der Waals surface area contributed by atoms with Gasteiger partial charge in [0.1, 0.15) is 11.9 Å². The fourth-order valence-electron chi connectivity index (χ4n) is 3.02. The highest BCUT2D eigenvalue weighted by atomic mass is 16.4. The van der Waals surface area contributed by atoms with E-state index in [-0.39, 0.29) is 5.69 Å². The number of fused-ring (bicyclic) bond motifs is 1. The van der Waals surface area contributed by atoms with Gasteiger partial charge < -0.3 is 14.8 Å². The van der Waals surface area contributed by atoms with E-state index in [0.717, 1.165) is 5.56 Å². The number of rotatable bonds is 4. The number of benzene rings is 1. The Kier molecular flexibility index (Phi) is 3.66. The fourth-order valence-corrected chi connectivity index (χ4v) is 3.02. The third-order valence-corrected chi connectivity index (χ3v) is 3.98. The Morgan fingerprint density at radius 2 is 1.95 bits per heavy atom. The molecule has 2 heterocycles. The molecule has 1 aliphatic heterocycles. The van der Waals surface area contributed by atoms with Crippen molar-refractivity contribution in [1.82, 2.24) is 9.55 Å². The summed E-state index contributed by atoms with van der Waals surface area (Å²) >= 11 is 0. The molecule has 6 heteroatoms. The van der Waals surface area contributed by atoms with Gasteiger partial charge in [0.25, 0.3) is 0 Å². The maximum atomic E-state index is 11.5. The van der Waals surface area contributed by atoms with E-state index in [1.807, 2.05) is 30.3 Å². The first-order valence-electron chi connectivity index (χ1n) is 7.18. The maximum Gasteiger partial charge on any atom is 0.356 e. The van der Waals surface area contributed by atoms with Gasteiger partial charge >= 0.3 is 11.9 Å². The number of imidazole rings is 1. The van der Waals surface area contributed by atoms with Gasteiger partial charge in [0, 0.05) is 6.42 Å². The van der Waals surface area contributed by atoms with Crippen molar-refractivity contribution in [2.45, 2.75) is 31.7 Å². The van der Waals surface area contributed by atoms with Crippen LogP contribution in [-0.2, 0) is 17.6 Å². The molecule has 2 N–H and O–H groups in total. The summed E-state index contributed by atoms with van der Waals surface area (Å²) in [6.45, 7) is 0. The first kappa shape index (κ1) is 14.3. The molecule has 1 atom stereocenters. The van der Waals surface area contributed by atoms with Crippen LogP contribution in [0.5, 0.6) is 0 Å². The number of carboxylic acids is 2. The number of aromatic carboxylic acids is 1. The molecule has 1 aromatic carbocycles. The molecule has 0 aliphatic carbocycles. The third-order valence-electron chi connectivity index (χ3n) is 3.98. The first-order valence-corrected chi connectivity index (χ1v) is 7.18. The minimum Gasteiger partial charge on any atom is -0.480 e. The molecule has 0 saturated heterocycles. The number of hydrogen-bond donors (Lipinski definition) is 2. The summed E-state index contributed by atoms with van der Waals surface area (Å²) in [6, 6.07) is 8.78. The summed E-state index contributed by atoms with van der Waals surface area (Å²) in [5.74, 6) is -1.54. The summed E-state index contributed by atoms with van der Waals surface area (Å²) in [6.07, 6.45) is 2.13. The van der Waals surface area contributed by atoms with Gasteiger partial charge in [0.05, 0.1) is 5.69 Å². The van der Waals surface area contributed by atoms with Gasteiger partial charge in [-0.25, -0.2) is 14.6 Å². The monoisotopic (exact) mass is 300 g/mol. The lowest BCUT2D eigenvalue weighted by atomic mass is 10.0. The highest BCUT2D eigenvalue weighted by Gasteiger charge is 2.32. The van der Waals surface area contributed by atoms with Crippen molar-refractivity contribution in [2.75, 3.05) is 0 Å². The van der Waals surface area contributed by atoms with E-state index in [1.54, 1.807) is 4.57 Å². The van der Waals surface area contributed by atoms with Crippen molar-refractivity contribution in [3.63, 3.8) is 0 Å². The minimum atomic E-state index is -1.10. The Bertz CT molecular complexity index is 721. The average molecular weight is 300 g/mol. The van der Waals surface area contributed by atoms with Crippen LogP contribution in [0.2, 0.25) is 0 Å². The Balaban J connectivity index is 2.09. The second kappa shape index (κ2) is 5.63. The molecule has 2 aromatic rings. The largest absolute Gasteiger partial charge is 0.480 e. The summed E-state index contributed by atoms with van der Waals surface area (Å²) in [5.41, 5.74) is 1.48. The van der Waals surface area contributed by atoms with Crippen LogP contribution >= 0.6 is 0 Å². The van der Waals surface area contributed by atoms with Crippen molar-refractivity contribution >= 4 is 11.9 Å². The van der Waals surface area contributed by atoms with Crippen LogP contribution < -0.4 is 0 Å². The molecule has 0 amide bonds. The molecule has 22 heavy (non-hydrogen) atoms. The summed E-state index contributed by atoms with van der Waals surface area (Å²) in [4.78, 5) is 27.1. The fraction of sp³-hybridized carbons (Fsp3) is 0.312. The number of hydrogen-bond acceptors (Lipinski definition) is 3. The van der Waals surface area contributed by atoms with E-state index in [9.17, 15) is 19.8 Å². The number of carboxylic acid groups (broad SMARTS) is 2. The molecule has 0 bridgehead atoms. The number of nitrogens with zero attached hydrogens (tertiary/aromatic N) is 2. The molecule has 114 valence electrons. The Labute approximate surface area is 127 Å². The Hall–Kier alpha value is -2.63. The molecule has 0 saturated carbocycles. The van der Waals surface area contributed by atoms with Crippen molar-refractivity contribution in [2.24, 2.45) is 0 Å². The van der Waals surface area contributed by atoms with E-state index >= 15 is 0 Å². The lowest BCUT2D eigenvalue weighted by Gasteiger charge is -2.24. The Morgan fingerprint density at radius 3 is 2.59 bits per heavy atom. The molecule has 6 nitrogen and oxygen atoms in total. The van der Waals surface area contributed by atoms with Gasteiger partial charge in [-0.3, -0.25) is 0 Å². The predicted octanol–water partition coefficient (Wildman–Crippen LogP) is 2.13. The van der Waals surface area contributed by atoms with Gasteiger partial charge in [-0.2, -0.15) is 0 Å². The highest BCUT2D eigenvalue weighted by molar-refractivity contribution is 5.87. The van der Waals surface area contributed by atoms with E-state index < -0.39 is 18.0 Å².